The van der Waals surface area contributed by atoms with Gasteiger partial charge in [0.1, 0.15) is 60.9 Å². The molecule has 4 rings (SSSR count). The molecular weight excluding hydrogens is 696 g/mol. The molecule has 0 saturated heterocycles. The Morgan fingerprint density at radius 3 is 1.41 bits per heavy atom. The average Bonchev–Trinajstić information content (AvgIpc) is 3.69. The number of aliphatic hydroxyl groups excluding tert-OH is 2. The van der Waals surface area contributed by atoms with Crippen LogP contribution in [0, 0.1) is 20.2 Å². The molecule has 0 aliphatic heterocycles. The van der Waals surface area contributed by atoms with Gasteiger partial charge in [0.15, 0.2) is 0 Å². The van der Waals surface area contributed by atoms with Crippen LogP contribution in [0.5, 0.6) is 11.5 Å². The molecule has 2 heterocycles. The lowest BCUT2D eigenvalue weighted by Gasteiger charge is -2.09. The van der Waals surface area contributed by atoms with E-state index in [0.29, 0.717) is 36.0 Å². The summed E-state index contributed by atoms with van der Waals surface area (Å²) in [5.74, 6) is 0.743. The second-order valence-electron chi connectivity index (χ2n) is 10.6. The van der Waals surface area contributed by atoms with Gasteiger partial charge in [0.25, 0.3) is 11.4 Å². The fourth-order valence-electron chi connectivity index (χ4n) is 4.37. The molecule has 0 spiro atoms. The van der Waals surface area contributed by atoms with Gasteiger partial charge in [-0.3, -0.25) is 28.6 Å². The van der Waals surface area contributed by atoms with Gasteiger partial charge < -0.3 is 39.4 Å². The number of aryl methyl sites for hydroxylation is 4. The zero-order valence-corrected chi connectivity index (χ0v) is 28.9. The van der Waals surface area contributed by atoms with E-state index >= 15 is 0 Å². The average molecular weight is 739 g/mol. The number of nitro benzene ring substituents is 2. The van der Waals surface area contributed by atoms with Crippen LogP contribution in [0.25, 0.3) is 0 Å². The molecule has 280 valence electrons. The van der Waals surface area contributed by atoms with Gasteiger partial charge in [-0.25, -0.2) is 18.3 Å². The quantitative estimate of drug-likeness (QED) is 0.0275. The van der Waals surface area contributed by atoms with Crippen LogP contribution in [0.2, 0.25) is 0 Å². The van der Waals surface area contributed by atoms with Crippen LogP contribution in [0.1, 0.15) is 12.8 Å². The molecule has 0 radical (unpaired) electrons. The Morgan fingerprint density at radius 1 is 0.745 bits per heavy atom. The highest BCUT2D eigenvalue weighted by atomic mass is 32.3. The molecule has 2 aromatic heterocycles. The van der Waals surface area contributed by atoms with Crippen molar-refractivity contribution in [2.45, 2.75) is 25.9 Å². The number of imidazole rings is 2. The standard InChI is InChI=1S/2C15H21N4O4.H2O4S/c2*1-17-7-8-18(12-17)6-2-5-16-14-4-3-13(23-10-9-20)11-15(14)19(21)22;1-5(2,3)4/h2*3-4,7-8,11-12,16,20H,2,5-6,9-10H2,1H3;(H2,1,2,3,4)/q2*+1;/p-2. The molecule has 2 aromatic carbocycles. The Morgan fingerprint density at radius 2 is 1.12 bits per heavy atom. The van der Waals surface area contributed by atoms with Crippen molar-refractivity contribution < 1.29 is 56.2 Å². The first kappa shape index (κ1) is 41.8. The smallest absolute Gasteiger partial charge is 0.296 e. The van der Waals surface area contributed by atoms with Gasteiger partial charge >= 0.3 is 0 Å². The van der Waals surface area contributed by atoms with E-state index in [2.05, 4.69) is 19.8 Å². The summed E-state index contributed by atoms with van der Waals surface area (Å²) in [6.07, 6.45) is 13.5. The van der Waals surface area contributed by atoms with Crippen LogP contribution in [0.15, 0.2) is 73.8 Å². The van der Waals surface area contributed by atoms with Crippen molar-refractivity contribution in [2.24, 2.45) is 14.1 Å². The van der Waals surface area contributed by atoms with Crippen LogP contribution in [0.3, 0.4) is 0 Å². The summed E-state index contributed by atoms with van der Waals surface area (Å²) >= 11 is 0. The Hall–Kier alpha value is -5.35. The predicted molar refractivity (Wildman–Crippen MR) is 179 cm³/mol. The van der Waals surface area contributed by atoms with E-state index in [1.54, 1.807) is 24.3 Å². The van der Waals surface area contributed by atoms with Crippen molar-refractivity contribution >= 4 is 33.1 Å². The van der Waals surface area contributed by atoms with E-state index in [0.717, 1.165) is 25.9 Å². The largest absolute Gasteiger partial charge is 0.759 e. The van der Waals surface area contributed by atoms with Crippen LogP contribution < -0.4 is 29.2 Å². The highest BCUT2D eigenvalue weighted by Crippen LogP contribution is 2.30. The number of hydrogen-bond donors (Lipinski definition) is 4. The maximum Gasteiger partial charge on any atom is 0.296 e. The number of nitrogens with one attached hydrogen (secondary N) is 2. The number of aliphatic hydroxyl groups is 2. The minimum atomic E-state index is -5.17. The fourth-order valence-corrected chi connectivity index (χ4v) is 4.37. The molecular formula is C30H42N8O12S. The van der Waals surface area contributed by atoms with Crippen molar-refractivity contribution in [3.05, 3.63) is 94.1 Å². The van der Waals surface area contributed by atoms with Gasteiger partial charge in [0.2, 0.25) is 12.7 Å². The summed E-state index contributed by atoms with van der Waals surface area (Å²) in [5.41, 5.74) is 0.856. The summed E-state index contributed by atoms with van der Waals surface area (Å²) in [7, 11) is -1.25. The monoisotopic (exact) mass is 738 g/mol. The fraction of sp³-hybridized carbons (Fsp3) is 0.400. The van der Waals surface area contributed by atoms with E-state index in [1.807, 2.05) is 60.7 Å². The molecule has 0 saturated carbocycles. The third-order valence-electron chi connectivity index (χ3n) is 6.52. The van der Waals surface area contributed by atoms with Crippen molar-refractivity contribution in [1.82, 2.24) is 9.13 Å². The lowest BCUT2D eigenvalue weighted by molar-refractivity contribution is -0.671. The van der Waals surface area contributed by atoms with Crippen molar-refractivity contribution in [2.75, 3.05) is 50.2 Å². The van der Waals surface area contributed by atoms with Crippen molar-refractivity contribution in [3.8, 4) is 11.5 Å². The van der Waals surface area contributed by atoms with Gasteiger partial charge in [-0.15, -0.1) is 0 Å². The summed E-state index contributed by atoms with van der Waals surface area (Å²) in [4.78, 5) is 21.4. The van der Waals surface area contributed by atoms with Gasteiger partial charge in [0, 0.05) is 36.3 Å². The maximum atomic E-state index is 11.2. The van der Waals surface area contributed by atoms with Crippen LogP contribution >= 0.6 is 0 Å². The molecule has 4 N–H and O–H groups in total. The number of ether oxygens (including phenoxy) is 2. The molecule has 21 heteroatoms. The summed E-state index contributed by atoms with van der Waals surface area (Å²) in [6, 6.07) is 9.28. The van der Waals surface area contributed by atoms with Crippen molar-refractivity contribution in [3.63, 3.8) is 0 Å². The third-order valence-corrected chi connectivity index (χ3v) is 6.52. The number of hydrogen-bond acceptors (Lipinski definition) is 14. The molecule has 51 heavy (non-hydrogen) atoms. The zero-order chi connectivity index (χ0) is 37.8. The lowest BCUT2D eigenvalue weighted by Crippen LogP contribution is -2.23. The number of nitro groups is 2. The SMILES string of the molecule is C[n+]1ccn(CCCNc2ccc(OCCO)cc2[N+](=O)[O-])c1.C[n+]1ccn(CCCNc2ccc(OCCO)cc2[N+](=O)[O-])c1.O=S(=O)([O-])[O-]. The van der Waals surface area contributed by atoms with E-state index in [9.17, 15) is 20.2 Å². The molecule has 0 aliphatic rings. The van der Waals surface area contributed by atoms with Gasteiger partial charge in [-0.05, 0) is 24.3 Å². The zero-order valence-electron chi connectivity index (χ0n) is 28.1. The number of nitrogens with zero attached hydrogens (tertiary/aromatic N) is 6. The van der Waals surface area contributed by atoms with Crippen molar-refractivity contribution in [1.29, 1.82) is 0 Å². The predicted octanol–water partition coefficient (Wildman–Crippen LogP) is 0.850. The molecule has 0 aliphatic carbocycles. The molecule has 0 unspecified atom stereocenters. The van der Waals surface area contributed by atoms with Crippen LogP contribution in [-0.2, 0) is 37.6 Å². The minimum Gasteiger partial charge on any atom is -0.759 e. The second kappa shape index (κ2) is 21.7. The van der Waals surface area contributed by atoms with E-state index in [1.165, 1.54) is 12.1 Å². The Balaban J connectivity index is 0.000000312. The van der Waals surface area contributed by atoms with Crippen LogP contribution in [0.4, 0.5) is 22.7 Å². The molecule has 0 fully saturated rings. The number of benzene rings is 2. The molecule has 20 nitrogen and oxygen atoms in total. The Bertz CT molecular complexity index is 1660. The first-order valence-electron chi connectivity index (χ1n) is 15.4. The number of rotatable bonds is 18. The molecule has 0 atom stereocenters. The normalized spacial score (nSPS) is 10.6. The summed E-state index contributed by atoms with van der Waals surface area (Å²) < 4.78 is 52.5. The van der Waals surface area contributed by atoms with E-state index in [4.69, 9.17) is 37.2 Å². The van der Waals surface area contributed by atoms with E-state index < -0.39 is 20.2 Å². The van der Waals surface area contributed by atoms with Gasteiger partial charge in [-0.1, -0.05) is 0 Å². The third kappa shape index (κ3) is 17.2. The first-order valence-corrected chi connectivity index (χ1v) is 16.7. The van der Waals surface area contributed by atoms with Crippen LogP contribution in [-0.4, -0.2) is 86.2 Å². The topological polar surface area (TPSA) is 267 Å². The first-order chi connectivity index (χ1) is 24.2. The molecule has 0 bridgehead atoms. The second-order valence-corrected chi connectivity index (χ2v) is 11.4. The Kier molecular flexibility index (Phi) is 17.8. The van der Waals surface area contributed by atoms with Gasteiger partial charge in [0.05, 0.1) is 62.4 Å². The Labute approximate surface area is 294 Å². The number of aromatic nitrogens is 4. The van der Waals surface area contributed by atoms with Gasteiger partial charge in [-0.2, -0.15) is 0 Å². The maximum absolute atomic E-state index is 11.2. The number of anilines is 2. The highest BCUT2D eigenvalue weighted by molar-refractivity contribution is 7.79. The molecule has 4 aromatic rings. The summed E-state index contributed by atoms with van der Waals surface area (Å²) in [5, 5.41) is 45.9. The summed E-state index contributed by atoms with van der Waals surface area (Å²) in [6.45, 7) is 2.87. The van der Waals surface area contributed by atoms with E-state index in [-0.39, 0.29) is 37.8 Å². The highest BCUT2D eigenvalue weighted by Gasteiger charge is 2.16. The molecule has 0 amide bonds. The minimum absolute atomic E-state index is 0.0344. The lowest BCUT2D eigenvalue weighted by atomic mass is 10.2.